The summed E-state index contributed by atoms with van der Waals surface area (Å²) < 4.78 is 6.64. The van der Waals surface area contributed by atoms with Gasteiger partial charge in [-0.3, -0.25) is 14.3 Å². The molecular formula is C10H13N5O5Pt. The van der Waals surface area contributed by atoms with E-state index in [9.17, 15) is 15.0 Å². The van der Waals surface area contributed by atoms with E-state index in [0.717, 1.165) is 0 Å². The first-order valence-corrected chi connectivity index (χ1v) is 5.87. The molecule has 1 aliphatic rings. The molecule has 3 rings (SSSR count). The van der Waals surface area contributed by atoms with Crippen LogP contribution in [0.5, 0.6) is 0 Å². The molecule has 0 amide bonds. The Morgan fingerprint density at radius 3 is 2.76 bits per heavy atom. The summed E-state index contributed by atoms with van der Waals surface area (Å²) >= 11 is 0. The van der Waals surface area contributed by atoms with Crippen molar-refractivity contribution < 1.29 is 41.1 Å². The maximum atomic E-state index is 11.7. The summed E-state index contributed by atoms with van der Waals surface area (Å²) in [6.45, 7) is -0.447. The number of aromatic nitrogens is 4. The number of aliphatic hydroxyl groups excluding tert-OH is 3. The van der Waals surface area contributed by atoms with Crippen LogP contribution in [0.25, 0.3) is 11.2 Å². The fourth-order valence-electron chi connectivity index (χ4n) is 2.24. The first-order valence-electron chi connectivity index (χ1n) is 5.87. The number of nitrogens with zero attached hydrogens (tertiary/aromatic N) is 3. The fourth-order valence-corrected chi connectivity index (χ4v) is 2.24. The molecule has 0 spiro atoms. The van der Waals surface area contributed by atoms with Gasteiger partial charge in [0.1, 0.15) is 18.3 Å². The number of nitrogens with one attached hydrogen (secondary N) is 1. The Morgan fingerprint density at radius 2 is 2.14 bits per heavy atom. The molecule has 1 aliphatic heterocycles. The first kappa shape index (κ1) is 16.1. The standard InChI is InChI=1S/C10H13N5O5.Pt/c11-10-13-7-4(8(19)14-10)12-2-15(7)9-6(18)5(17)3(1-16)20-9;/h2-3,5-6,9,16-18H,1H2,(H3,11,13,14,19);/t3-,5-,6-,9-;/m1./s1. The van der Waals surface area contributed by atoms with Crippen molar-refractivity contribution in [2.24, 2.45) is 0 Å². The molecule has 11 heteroatoms. The molecule has 3 heterocycles. The summed E-state index contributed by atoms with van der Waals surface area (Å²) in [7, 11) is 0. The molecule has 118 valence electrons. The third-order valence-electron chi connectivity index (χ3n) is 3.24. The predicted molar refractivity (Wildman–Crippen MR) is 65.6 cm³/mol. The van der Waals surface area contributed by atoms with Gasteiger partial charge in [0.15, 0.2) is 17.4 Å². The van der Waals surface area contributed by atoms with Gasteiger partial charge in [0.05, 0.1) is 12.9 Å². The number of ether oxygens (including phenoxy) is 1. The largest absolute Gasteiger partial charge is 0.394 e. The molecule has 0 unspecified atom stereocenters. The second-order valence-corrected chi connectivity index (χ2v) is 4.50. The van der Waals surface area contributed by atoms with Crippen LogP contribution in [0.1, 0.15) is 6.23 Å². The Morgan fingerprint density at radius 1 is 1.43 bits per heavy atom. The minimum atomic E-state index is -1.29. The molecule has 0 saturated carbocycles. The average molecular weight is 478 g/mol. The number of anilines is 1. The van der Waals surface area contributed by atoms with E-state index in [1.807, 2.05) is 0 Å². The zero-order valence-corrected chi connectivity index (χ0v) is 12.8. The van der Waals surface area contributed by atoms with Crippen LogP contribution in [0.4, 0.5) is 5.95 Å². The van der Waals surface area contributed by atoms with Crippen LogP contribution in [0.2, 0.25) is 0 Å². The Labute approximate surface area is 131 Å². The van der Waals surface area contributed by atoms with Gasteiger partial charge in [-0.25, -0.2) is 4.98 Å². The maximum absolute atomic E-state index is 11.7. The molecule has 6 N–H and O–H groups in total. The number of nitrogens with two attached hydrogens (primary N) is 1. The topological polar surface area (TPSA) is 160 Å². The summed E-state index contributed by atoms with van der Waals surface area (Å²) in [6.07, 6.45) is -3.21. The van der Waals surface area contributed by atoms with Gasteiger partial charge in [-0.05, 0) is 0 Å². The number of hydrogen-bond acceptors (Lipinski definition) is 8. The Balaban J connectivity index is 0.00000161. The van der Waals surface area contributed by atoms with Crippen LogP contribution >= 0.6 is 0 Å². The molecule has 0 aliphatic carbocycles. The maximum Gasteiger partial charge on any atom is 0.280 e. The van der Waals surface area contributed by atoms with Crippen LogP contribution < -0.4 is 11.3 Å². The third-order valence-corrected chi connectivity index (χ3v) is 3.24. The smallest absolute Gasteiger partial charge is 0.280 e. The molecule has 21 heavy (non-hydrogen) atoms. The minimum absolute atomic E-state index is 0. The zero-order chi connectivity index (χ0) is 14.4. The second-order valence-electron chi connectivity index (χ2n) is 4.50. The van der Waals surface area contributed by atoms with Gasteiger partial charge in [0.25, 0.3) is 5.56 Å². The monoisotopic (exact) mass is 478 g/mol. The van der Waals surface area contributed by atoms with Crippen molar-refractivity contribution in [1.29, 1.82) is 0 Å². The zero-order valence-electron chi connectivity index (χ0n) is 10.5. The molecule has 10 nitrogen and oxygen atoms in total. The van der Waals surface area contributed by atoms with E-state index in [2.05, 4.69) is 15.0 Å². The van der Waals surface area contributed by atoms with E-state index in [4.69, 9.17) is 15.6 Å². The van der Waals surface area contributed by atoms with Gasteiger partial charge in [-0.1, -0.05) is 0 Å². The van der Waals surface area contributed by atoms with Crippen LogP contribution in [0.3, 0.4) is 0 Å². The van der Waals surface area contributed by atoms with Gasteiger partial charge in [-0.15, -0.1) is 0 Å². The van der Waals surface area contributed by atoms with Crippen LogP contribution in [0.15, 0.2) is 11.1 Å². The summed E-state index contributed by atoms with van der Waals surface area (Å²) in [6, 6.07) is 0. The van der Waals surface area contributed by atoms with Crippen molar-refractivity contribution in [2.45, 2.75) is 24.5 Å². The second kappa shape index (κ2) is 5.82. The number of nitrogen functional groups attached to an aromatic ring is 1. The average Bonchev–Trinajstić information content (AvgIpc) is 2.93. The molecule has 1 fully saturated rings. The summed E-state index contributed by atoms with van der Waals surface area (Å²) in [5, 5.41) is 28.7. The van der Waals surface area contributed by atoms with Crippen molar-refractivity contribution in [3.05, 3.63) is 16.7 Å². The summed E-state index contributed by atoms with van der Waals surface area (Å²) in [5.41, 5.74) is 5.12. The predicted octanol–water partition coefficient (Wildman–Crippen LogP) is -2.69. The molecule has 2 aromatic heterocycles. The van der Waals surface area contributed by atoms with Crippen LogP contribution in [-0.2, 0) is 25.8 Å². The summed E-state index contributed by atoms with van der Waals surface area (Å²) in [5.74, 6) is -0.101. The SMILES string of the molecule is Nc1nc2c(ncn2[C@@H]2O[C@H](CO)[C@@H](O)[C@H]2O)c(=O)[nH]1.[Pt]. The molecular weight excluding hydrogens is 465 g/mol. The first-order chi connectivity index (χ1) is 9.52. The minimum Gasteiger partial charge on any atom is -0.394 e. The van der Waals surface area contributed by atoms with Gasteiger partial charge >= 0.3 is 0 Å². The number of H-pyrrole nitrogens is 1. The Kier molecular flexibility index (Phi) is 4.45. The van der Waals surface area contributed by atoms with E-state index < -0.39 is 36.7 Å². The number of aromatic amines is 1. The van der Waals surface area contributed by atoms with Crippen molar-refractivity contribution >= 4 is 17.1 Å². The van der Waals surface area contributed by atoms with Gasteiger partial charge in [0, 0.05) is 21.1 Å². The van der Waals surface area contributed by atoms with Crippen molar-refractivity contribution in [2.75, 3.05) is 12.3 Å². The molecule has 2 aromatic rings. The quantitative estimate of drug-likeness (QED) is 0.312. The molecule has 4 atom stereocenters. The number of hydrogen-bond donors (Lipinski definition) is 5. The number of imidazole rings is 1. The Bertz CT molecular complexity index is 703. The van der Waals surface area contributed by atoms with Gasteiger partial charge in [0.2, 0.25) is 5.95 Å². The molecule has 1 saturated heterocycles. The van der Waals surface area contributed by atoms with Crippen molar-refractivity contribution in [3.63, 3.8) is 0 Å². The van der Waals surface area contributed by atoms with E-state index in [-0.39, 0.29) is 38.2 Å². The van der Waals surface area contributed by atoms with Crippen molar-refractivity contribution in [3.8, 4) is 0 Å². The normalized spacial score (nSPS) is 28.7. The van der Waals surface area contributed by atoms with E-state index in [1.165, 1.54) is 10.9 Å². The van der Waals surface area contributed by atoms with E-state index in [0.29, 0.717) is 0 Å². The summed E-state index contributed by atoms with van der Waals surface area (Å²) in [4.78, 5) is 21.8. The van der Waals surface area contributed by atoms with Gasteiger partial charge < -0.3 is 25.8 Å². The van der Waals surface area contributed by atoms with E-state index in [1.54, 1.807) is 0 Å². The van der Waals surface area contributed by atoms with Crippen LogP contribution in [-0.4, -0.2) is 59.8 Å². The Hall–Kier alpha value is -1.32. The molecule has 0 radical (unpaired) electrons. The molecule has 0 aromatic carbocycles. The van der Waals surface area contributed by atoms with E-state index >= 15 is 0 Å². The molecule has 0 bridgehead atoms. The number of rotatable bonds is 2. The van der Waals surface area contributed by atoms with Crippen LogP contribution in [0, 0.1) is 0 Å². The van der Waals surface area contributed by atoms with Crippen molar-refractivity contribution in [1.82, 2.24) is 19.5 Å². The number of fused-ring (bicyclic) bond motifs is 1. The fraction of sp³-hybridized carbons (Fsp3) is 0.500. The number of aliphatic hydroxyl groups is 3. The van der Waals surface area contributed by atoms with Gasteiger partial charge in [-0.2, -0.15) is 4.98 Å². The third kappa shape index (κ3) is 2.49.